The van der Waals surface area contributed by atoms with Gasteiger partial charge < -0.3 is 20.6 Å². The highest BCUT2D eigenvalue weighted by atomic mass is 16.3. The van der Waals surface area contributed by atoms with Gasteiger partial charge in [0.1, 0.15) is 11.4 Å². The summed E-state index contributed by atoms with van der Waals surface area (Å²) in [5, 5.41) is 14.8. The van der Waals surface area contributed by atoms with E-state index in [4.69, 9.17) is 5.11 Å². The van der Waals surface area contributed by atoms with Crippen LogP contribution in [0.15, 0.2) is 9.59 Å². The molecule has 0 aliphatic rings. The standard InChI is InChI=1S/C11H19N3O3/c1-7(15)6-13-9-8(10(16)11(9)17)12-4-5-14(2)3/h7,12-13,15H,4-6H2,1-3H3/t7-/m1/s1. The van der Waals surface area contributed by atoms with Crippen molar-refractivity contribution in [1.29, 1.82) is 0 Å². The summed E-state index contributed by atoms with van der Waals surface area (Å²) in [6, 6.07) is 0. The molecule has 0 saturated carbocycles. The second-order valence-electron chi connectivity index (χ2n) is 4.37. The maximum Gasteiger partial charge on any atom is 0.253 e. The van der Waals surface area contributed by atoms with Crippen LogP contribution in [-0.2, 0) is 0 Å². The molecule has 6 heteroatoms. The van der Waals surface area contributed by atoms with Crippen LogP contribution in [0.25, 0.3) is 0 Å². The second-order valence-corrected chi connectivity index (χ2v) is 4.37. The third-order valence-electron chi connectivity index (χ3n) is 2.35. The van der Waals surface area contributed by atoms with E-state index >= 15 is 0 Å². The van der Waals surface area contributed by atoms with Crippen molar-refractivity contribution in [3.8, 4) is 0 Å². The van der Waals surface area contributed by atoms with Crippen molar-refractivity contribution in [2.75, 3.05) is 44.4 Å². The van der Waals surface area contributed by atoms with Crippen molar-refractivity contribution in [3.05, 3.63) is 20.4 Å². The summed E-state index contributed by atoms with van der Waals surface area (Å²) in [7, 11) is 3.85. The number of likely N-dealkylation sites (N-methyl/N-ethyl adjacent to an activating group) is 1. The van der Waals surface area contributed by atoms with Crippen LogP contribution < -0.4 is 21.5 Å². The Morgan fingerprint density at radius 1 is 1.18 bits per heavy atom. The maximum absolute atomic E-state index is 11.3. The average molecular weight is 241 g/mol. The van der Waals surface area contributed by atoms with Crippen molar-refractivity contribution in [1.82, 2.24) is 4.90 Å². The third kappa shape index (κ3) is 3.54. The predicted molar refractivity (Wildman–Crippen MR) is 68.6 cm³/mol. The third-order valence-corrected chi connectivity index (χ3v) is 2.35. The number of anilines is 2. The highest BCUT2D eigenvalue weighted by Crippen LogP contribution is 2.13. The first-order valence-electron chi connectivity index (χ1n) is 5.57. The SMILES string of the molecule is C[C@@H](O)CNc1c(NCCN(C)C)c(=O)c1=O. The van der Waals surface area contributed by atoms with Crippen LogP contribution in [0.2, 0.25) is 0 Å². The Kier molecular flexibility index (Phi) is 4.65. The summed E-state index contributed by atoms with van der Waals surface area (Å²) in [5.41, 5.74) is -0.387. The van der Waals surface area contributed by atoms with Crippen LogP contribution in [0.3, 0.4) is 0 Å². The first kappa shape index (κ1) is 13.7. The normalized spacial score (nSPS) is 13.0. The largest absolute Gasteiger partial charge is 0.392 e. The van der Waals surface area contributed by atoms with Gasteiger partial charge in [0.15, 0.2) is 0 Å². The van der Waals surface area contributed by atoms with E-state index in [0.717, 1.165) is 6.54 Å². The highest BCUT2D eigenvalue weighted by Gasteiger charge is 2.20. The van der Waals surface area contributed by atoms with E-state index in [9.17, 15) is 9.59 Å². The van der Waals surface area contributed by atoms with Crippen LogP contribution in [-0.4, -0.2) is 49.8 Å². The van der Waals surface area contributed by atoms with Crippen molar-refractivity contribution in [2.24, 2.45) is 0 Å². The number of nitrogens with one attached hydrogen (secondary N) is 2. The molecule has 17 heavy (non-hydrogen) atoms. The Labute approximate surface area is 99.9 Å². The van der Waals surface area contributed by atoms with Gasteiger partial charge in [-0.25, -0.2) is 0 Å². The van der Waals surface area contributed by atoms with Crippen LogP contribution in [0.1, 0.15) is 6.92 Å². The molecule has 96 valence electrons. The number of hydrogen-bond acceptors (Lipinski definition) is 6. The van der Waals surface area contributed by atoms with E-state index in [1.807, 2.05) is 19.0 Å². The van der Waals surface area contributed by atoms with E-state index in [-0.39, 0.29) is 12.2 Å². The summed E-state index contributed by atoms with van der Waals surface area (Å²) in [4.78, 5) is 24.6. The molecule has 1 atom stereocenters. The molecule has 3 N–H and O–H groups in total. The van der Waals surface area contributed by atoms with Gasteiger partial charge in [-0.1, -0.05) is 0 Å². The van der Waals surface area contributed by atoms with Gasteiger partial charge in [0, 0.05) is 19.6 Å². The Balaban J connectivity index is 2.57. The molecule has 0 heterocycles. The van der Waals surface area contributed by atoms with E-state index in [2.05, 4.69) is 10.6 Å². The molecule has 0 amide bonds. The fourth-order valence-electron chi connectivity index (χ4n) is 1.38. The Bertz CT molecular complexity index is 433. The van der Waals surface area contributed by atoms with Gasteiger partial charge >= 0.3 is 0 Å². The minimum Gasteiger partial charge on any atom is -0.392 e. The van der Waals surface area contributed by atoms with Crippen LogP contribution in [0, 0.1) is 0 Å². The van der Waals surface area contributed by atoms with Gasteiger partial charge in [-0.3, -0.25) is 9.59 Å². The zero-order valence-electron chi connectivity index (χ0n) is 10.4. The molecule has 0 unspecified atom stereocenters. The second kappa shape index (κ2) is 5.79. The summed E-state index contributed by atoms with van der Waals surface area (Å²) < 4.78 is 0. The Hall–Kier alpha value is -1.40. The first-order valence-corrected chi connectivity index (χ1v) is 5.57. The number of hydrogen-bond donors (Lipinski definition) is 3. The molecule has 1 aromatic rings. The fourth-order valence-corrected chi connectivity index (χ4v) is 1.38. The topological polar surface area (TPSA) is 81.7 Å². The molecule has 1 rings (SSSR count). The molecule has 0 aromatic heterocycles. The monoisotopic (exact) mass is 241 g/mol. The van der Waals surface area contributed by atoms with Crippen molar-refractivity contribution < 1.29 is 5.11 Å². The lowest BCUT2D eigenvalue weighted by molar-refractivity contribution is 0.208. The minimum atomic E-state index is -0.561. The average Bonchev–Trinajstić information content (AvgIpc) is 2.25. The van der Waals surface area contributed by atoms with Gasteiger partial charge in [0.25, 0.3) is 10.9 Å². The highest BCUT2D eigenvalue weighted by molar-refractivity contribution is 5.73. The molecule has 0 fully saturated rings. The predicted octanol–water partition coefficient (Wildman–Crippen LogP) is -0.951. The molecule has 6 nitrogen and oxygen atoms in total. The van der Waals surface area contributed by atoms with Gasteiger partial charge in [0.2, 0.25) is 0 Å². The fraction of sp³-hybridized carbons (Fsp3) is 0.636. The smallest absolute Gasteiger partial charge is 0.253 e. The Morgan fingerprint density at radius 2 is 1.71 bits per heavy atom. The lowest BCUT2D eigenvalue weighted by atomic mass is 10.2. The lowest BCUT2D eigenvalue weighted by Crippen LogP contribution is -2.39. The van der Waals surface area contributed by atoms with Crippen LogP contribution in [0.4, 0.5) is 11.4 Å². The molecule has 0 bridgehead atoms. The maximum atomic E-state index is 11.3. The van der Waals surface area contributed by atoms with Crippen molar-refractivity contribution in [2.45, 2.75) is 13.0 Å². The molecule has 1 aromatic carbocycles. The molecular formula is C11H19N3O3. The number of rotatable bonds is 7. The molecule has 0 aliphatic carbocycles. The quantitative estimate of drug-likeness (QED) is 0.534. The van der Waals surface area contributed by atoms with Crippen molar-refractivity contribution >= 4 is 11.4 Å². The van der Waals surface area contributed by atoms with Gasteiger partial charge in [-0.15, -0.1) is 0 Å². The molecule has 0 saturated heterocycles. The molecule has 0 radical (unpaired) electrons. The number of aliphatic hydroxyl groups is 1. The van der Waals surface area contributed by atoms with E-state index in [1.165, 1.54) is 0 Å². The van der Waals surface area contributed by atoms with Crippen molar-refractivity contribution in [3.63, 3.8) is 0 Å². The summed E-state index contributed by atoms with van der Waals surface area (Å²) in [6.45, 7) is 3.24. The van der Waals surface area contributed by atoms with Crippen LogP contribution in [0.5, 0.6) is 0 Å². The number of aliphatic hydroxyl groups excluding tert-OH is 1. The zero-order valence-corrected chi connectivity index (χ0v) is 10.4. The van der Waals surface area contributed by atoms with E-state index in [0.29, 0.717) is 12.2 Å². The summed E-state index contributed by atoms with van der Waals surface area (Å²) in [6.07, 6.45) is -0.561. The van der Waals surface area contributed by atoms with Gasteiger partial charge in [0.05, 0.1) is 6.10 Å². The van der Waals surface area contributed by atoms with Gasteiger partial charge in [-0.2, -0.15) is 0 Å². The van der Waals surface area contributed by atoms with E-state index in [1.54, 1.807) is 6.92 Å². The Morgan fingerprint density at radius 3 is 2.18 bits per heavy atom. The molecular weight excluding hydrogens is 222 g/mol. The lowest BCUT2D eigenvalue weighted by Gasteiger charge is -2.16. The molecule has 0 spiro atoms. The summed E-state index contributed by atoms with van der Waals surface area (Å²) >= 11 is 0. The first-order chi connectivity index (χ1) is 7.93. The molecule has 0 aliphatic heterocycles. The number of nitrogens with zero attached hydrogens (tertiary/aromatic N) is 1. The van der Waals surface area contributed by atoms with Crippen LogP contribution >= 0.6 is 0 Å². The zero-order chi connectivity index (χ0) is 13.0. The van der Waals surface area contributed by atoms with E-state index < -0.39 is 17.0 Å². The van der Waals surface area contributed by atoms with Gasteiger partial charge in [-0.05, 0) is 21.0 Å². The minimum absolute atomic E-state index is 0.257. The summed E-state index contributed by atoms with van der Waals surface area (Å²) in [5.74, 6) is 0.